The number of dihydropyridines is 1. The Labute approximate surface area is 385 Å². The highest BCUT2D eigenvalue weighted by Gasteiger charge is 2.43. The van der Waals surface area contributed by atoms with Crippen LogP contribution in [0.25, 0.3) is 10.4 Å². The van der Waals surface area contributed by atoms with Crippen LogP contribution in [0.5, 0.6) is 5.75 Å². The first-order chi connectivity index (χ1) is 32.3. The number of alkyl halides is 3. The molecule has 2 heterocycles. The summed E-state index contributed by atoms with van der Waals surface area (Å²) in [5.41, 5.74) is 8.16. The van der Waals surface area contributed by atoms with E-state index < -0.39 is 51.5 Å². The summed E-state index contributed by atoms with van der Waals surface area (Å²) in [5, 5.41) is 35.2. The zero-order valence-electron chi connectivity index (χ0n) is 36.1. The summed E-state index contributed by atoms with van der Waals surface area (Å²) < 4.78 is 79.4. The Morgan fingerprint density at radius 3 is 2.04 bits per heavy atom. The van der Waals surface area contributed by atoms with Crippen molar-refractivity contribution in [2.24, 2.45) is 15.3 Å². The molecule has 1 aliphatic heterocycles. The second-order valence-electron chi connectivity index (χ2n) is 14.1. The maximum absolute atomic E-state index is 14.0. The van der Waals surface area contributed by atoms with E-state index in [1.165, 1.54) is 111 Å². The van der Waals surface area contributed by atoms with Gasteiger partial charge in [-0.1, -0.05) is 41.5 Å². The Morgan fingerprint density at radius 2 is 1.44 bits per heavy atom. The molecule has 5 aromatic rings. The van der Waals surface area contributed by atoms with Gasteiger partial charge in [-0.25, -0.2) is 27.8 Å². The minimum atomic E-state index is -4.76. The molecule has 1 amide bonds. The Kier molecular flexibility index (Phi) is 16.7. The zero-order chi connectivity index (χ0) is 49.6. The fourth-order valence-electron chi connectivity index (χ4n) is 6.47. The first kappa shape index (κ1) is 50.4. The van der Waals surface area contributed by atoms with Gasteiger partial charge in [-0.15, -0.1) is 0 Å². The summed E-state index contributed by atoms with van der Waals surface area (Å²) in [6, 6.07) is 24.8. The maximum Gasteiger partial charge on any atom is 0.416 e. The predicted molar refractivity (Wildman–Crippen MR) is 239 cm³/mol. The number of carbonyl (C=O) groups excluding carboxylic acids is 3. The minimum absolute atomic E-state index is 0.0231. The number of sulfonamides is 1. The Balaban J connectivity index is 0.000000270. The highest BCUT2D eigenvalue weighted by molar-refractivity contribution is 7.92. The number of nitrogens with zero attached hydrogens (tertiary/aromatic N) is 6. The first-order valence-corrected chi connectivity index (χ1v) is 21.5. The number of allylic oxidation sites excluding steroid dienone is 2. The summed E-state index contributed by atoms with van der Waals surface area (Å²) >= 11 is 0. The van der Waals surface area contributed by atoms with Crippen molar-refractivity contribution in [3.63, 3.8) is 0 Å². The van der Waals surface area contributed by atoms with E-state index in [1.54, 1.807) is 19.1 Å². The van der Waals surface area contributed by atoms with Gasteiger partial charge in [-0.3, -0.25) is 9.52 Å². The standard InChI is InChI=1S/C27H26F3N5O5.C18H14N4O5S/c1-4-39-25(37)21-15(2)33-16(3)22(23(21)19-7-5-6-8-20(19)27(28,29)30)26(38)40-14-13-32-24(36)17-9-11-18(12-10-17)34-35-31;23-16-9-6-13(11-15(16)18(24)25)21-20-12-4-7-14(8-5-12)28(26,27)22-17-3-1-2-10-19-17/h5-12,23,33H,4,13-14H2,1-3H3,(H,32,36);1-11,23H,(H,19,22)(H,24,25)/b;21-20+. The van der Waals surface area contributed by atoms with Crippen LogP contribution in [0.1, 0.15) is 58.5 Å². The number of carbonyl (C=O) groups is 4. The van der Waals surface area contributed by atoms with Crippen LogP contribution in [0, 0.1) is 0 Å². The van der Waals surface area contributed by atoms with Gasteiger partial charge in [0.15, 0.2) is 0 Å². The number of amides is 1. The fraction of sp³-hybridized carbons (Fsp3) is 0.178. The van der Waals surface area contributed by atoms with E-state index in [0.29, 0.717) is 11.4 Å². The summed E-state index contributed by atoms with van der Waals surface area (Å²) in [6.07, 6.45) is -3.29. The molecule has 0 spiro atoms. The Bertz CT molecular complexity index is 2940. The molecule has 1 aromatic heterocycles. The van der Waals surface area contributed by atoms with E-state index in [2.05, 4.69) is 40.6 Å². The van der Waals surface area contributed by atoms with E-state index in [-0.39, 0.29) is 81.1 Å². The number of aromatic carboxylic acids is 1. The van der Waals surface area contributed by atoms with Gasteiger partial charge < -0.3 is 30.3 Å². The molecule has 0 radical (unpaired) electrons. The lowest BCUT2D eigenvalue weighted by atomic mass is 9.78. The highest BCUT2D eigenvalue weighted by atomic mass is 32.2. The molecule has 68 heavy (non-hydrogen) atoms. The van der Waals surface area contributed by atoms with Crippen molar-refractivity contribution in [1.29, 1.82) is 0 Å². The summed E-state index contributed by atoms with van der Waals surface area (Å²) in [6.45, 7) is 4.12. The number of benzene rings is 4. The maximum atomic E-state index is 14.0. The minimum Gasteiger partial charge on any atom is -0.507 e. The van der Waals surface area contributed by atoms with Crippen molar-refractivity contribution in [3.8, 4) is 5.75 Å². The van der Waals surface area contributed by atoms with Crippen molar-refractivity contribution in [1.82, 2.24) is 15.6 Å². The van der Waals surface area contributed by atoms with E-state index in [9.17, 15) is 45.9 Å². The Morgan fingerprint density at radius 1 is 0.838 bits per heavy atom. The van der Waals surface area contributed by atoms with Gasteiger partial charge in [-0.2, -0.15) is 23.4 Å². The lowest BCUT2D eigenvalue weighted by Crippen LogP contribution is -2.34. The van der Waals surface area contributed by atoms with Crippen molar-refractivity contribution in [2.75, 3.05) is 24.5 Å². The van der Waals surface area contributed by atoms with Gasteiger partial charge in [0, 0.05) is 33.8 Å². The second-order valence-corrected chi connectivity index (χ2v) is 15.8. The molecule has 6 rings (SSSR count). The van der Waals surface area contributed by atoms with Crippen LogP contribution >= 0.6 is 0 Å². The summed E-state index contributed by atoms with van der Waals surface area (Å²) in [4.78, 5) is 56.1. The smallest absolute Gasteiger partial charge is 0.416 e. The number of aromatic nitrogens is 1. The molecule has 19 nitrogen and oxygen atoms in total. The molecule has 5 N–H and O–H groups in total. The third kappa shape index (κ3) is 13.0. The average molecular weight is 956 g/mol. The van der Waals surface area contributed by atoms with Gasteiger partial charge in [-0.05, 0) is 105 Å². The molecule has 1 aliphatic rings. The number of aromatic hydroxyl groups is 1. The monoisotopic (exact) mass is 955 g/mol. The number of anilines is 1. The van der Waals surface area contributed by atoms with E-state index >= 15 is 0 Å². The second kappa shape index (κ2) is 22.6. The number of hydrogen-bond acceptors (Lipinski definition) is 14. The largest absolute Gasteiger partial charge is 0.507 e. The third-order valence-corrected chi connectivity index (χ3v) is 10.9. The summed E-state index contributed by atoms with van der Waals surface area (Å²) in [5.74, 6) is -5.20. The SMILES string of the molecule is CCOC(=O)C1=C(C)NC(C)=C(C(=O)OCCNC(=O)c2ccc(N=[N+]=[N-])cc2)C1c1ccccc1C(F)(F)F.O=C(O)c1cc(/N=N/c2ccc(S(=O)(=O)Nc3ccccn3)cc2)ccc1O. The van der Waals surface area contributed by atoms with Crippen LogP contribution in [0.15, 0.2) is 158 Å². The van der Waals surface area contributed by atoms with Crippen LogP contribution < -0.4 is 15.4 Å². The molecular formula is C45H40F3N9O10S. The van der Waals surface area contributed by atoms with Gasteiger partial charge in [0.25, 0.3) is 15.9 Å². The molecule has 23 heteroatoms. The number of ether oxygens (including phenoxy) is 2. The van der Waals surface area contributed by atoms with Gasteiger partial charge in [0.05, 0.1) is 52.0 Å². The van der Waals surface area contributed by atoms with Crippen molar-refractivity contribution >= 4 is 56.7 Å². The number of halogens is 3. The number of esters is 2. The van der Waals surface area contributed by atoms with Crippen LogP contribution in [-0.2, 0) is 35.3 Å². The molecule has 0 aliphatic carbocycles. The van der Waals surface area contributed by atoms with E-state index in [0.717, 1.165) is 6.07 Å². The molecule has 1 atom stereocenters. The number of carboxylic acid groups (broad SMARTS) is 1. The summed E-state index contributed by atoms with van der Waals surface area (Å²) in [7, 11) is -3.79. The van der Waals surface area contributed by atoms with Crippen LogP contribution in [-0.4, -0.2) is 67.2 Å². The number of nitrogens with one attached hydrogen (secondary N) is 3. The normalized spacial score (nSPS) is 13.6. The van der Waals surface area contributed by atoms with E-state index in [1.807, 2.05) is 0 Å². The molecule has 4 aromatic carbocycles. The van der Waals surface area contributed by atoms with Crippen molar-refractivity contribution in [2.45, 2.75) is 37.8 Å². The molecule has 0 saturated heterocycles. The molecule has 0 bridgehead atoms. The van der Waals surface area contributed by atoms with Crippen LogP contribution in [0.3, 0.4) is 0 Å². The highest BCUT2D eigenvalue weighted by Crippen LogP contribution is 2.44. The molecule has 352 valence electrons. The predicted octanol–water partition coefficient (Wildman–Crippen LogP) is 9.12. The lowest BCUT2D eigenvalue weighted by molar-refractivity contribution is -0.142. The number of azide groups is 1. The van der Waals surface area contributed by atoms with Gasteiger partial charge in [0.1, 0.15) is 23.7 Å². The van der Waals surface area contributed by atoms with Gasteiger partial charge >= 0.3 is 24.1 Å². The number of carboxylic acids is 1. The lowest BCUT2D eigenvalue weighted by Gasteiger charge is -2.31. The third-order valence-electron chi connectivity index (χ3n) is 9.51. The topological polar surface area (TPSA) is 284 Å². The van der Waals surface area contributed by atoms with Crippen LogP contribution in [0.2, 0.25) is 0 Å². The Hall–Kier alpha value is -8.56. The van der Waals surface area contributed by atoms with Crippen LogP contribution in [0.4, 0.5) is 36.1 Å². The zero-order valence-corrected chi connectivity index (χ0v) is 36.9. The number of hydrogen-bond donors (Lipinski definition) is 5. The van der Waals surface area contributed by atoms with Gasteiger partial charge in [0.2, 0.25) is 0 Å². The molecule has 1 unspecified atom stereocenters. The molecule has 0 fully saturated rings. The quantitative estimate of drug-likeness (QED) is 0.0216. The van der Waals surface area contributed by atoms with E-state index in [4.69, 9.17) is 20.1 Å². The number of phenols is 1. The first-order valence-electron chi connectivity index (χ1n) is 20.0. The van der Waals surface area contributed by atoms with Crippen molar-refractivity contribution in [3.05, 3.63) is 171 Å². The molecule has 0 saturated carbocycles. The number of pyridine rings is 1. The number of rotatable bonds is 15. The fourth-order valence-corrected chi connectivity index (χ4v) is 7.47. The average Bonchev–Trinajstić information content (AvgIpc) is 3.30. The number of azo groups is 1. The molecular weight excluding hydrogens is 916 g/mol. The van der Waals surface area contributed by atoms with Crippen molar-refractivity contribution < 1.29 is 60.5 Å².